The molecule has 0 aromatic carbocycles. The second-order valence-electron chi connectivity index (χ2n) is 21.7. The number of unbranched alkanes of at least 4 members (excludes halogenated alkanes) is 18. The number of hydrogen-bond acceptors (Lipinski definition) is 5. The van der Waals surface area contributed by atoms with Crippen molar-refractivity contribution in [3.8, 4) is 0 Å². The van der Waals surface area contributed by atoms with Crippen LogP contribution in [0.5, 0.6) is 0 Å². The van der Waals surface area contributed by atoms with Crippen LogP contribution in [0.2, 0.25) is 0 Å². The summed E-state index contributed by atoms with van der Waals surface area (Å²) in [7, 11) is 1.57. The summed E-state index contributed by atoms with van der Waals surface area (Å²) in [6.45, 7) is 4.73. The zero-order valence-electron chi connectivity index (χ0n) is 50.6. The highest BCUT2D eigenvalue weighted by molar-refractivity contribution is 7.47. The fraction of sp³-hybridized carbons (Fsp3) is 0.638. The zero-order valence-corrected chi connectivity index (χ0v) is 51.5. The standard InChI is InChI=1S/C69H117N2O6P/c1-6-8-10-12-14-16-18-20-22-24-25-26-27-28-29-30-31-32-33-34-35-36-37-38-39-40-41-42-43-44-45-47-49-51-53-55-57-59-61-63-69(73)70-67(66-77-78(74,75)76-65-64-71(3,4)5)68(72)62-60-58-56-54-52-50-48-46-23-21-19-17-15-13-11-9-7-2/h8,10,14,16,20,22,25-26,28-29,31-32,34-35,37-38,40-41,43-44,47,49,53,55,67-68,72H,6-7,9,11-13,15,17-19,21,23-24,27,30,33,36,39,42,45-46,48,50-52,54,56-66H2,1-5H3,(H-,70,73,74,75)/p+1/b10-8-,16-14-,22-20-,26-25-,29-28-,32-31-,35-34-,38-37-,41-40-,44-43-,49-47-,55-53-. The number of carbonyl (C=O) groups is 1. The molecule has 3 unspecified atom stereocenters. The number of phosphoric ester groups is 1. The van der Waals surface area contributed by atoms with Crippen molar-refractivity contribution in [2.24, 2.45) is 0 Å². The van der Waals surface area contributed by atoms with Gasteiger partial charge in [-0.25, -0.2) is 4.57 Å². The van der Waals surface area contributed by atoms with E-state index in [-0.39, 0.29) is 19.1 Å². The number of phosphoric acid groups is 1. The highest BCUT2D eigenvalue weighted by Crippen LogP contribution is 2.43. The highest BCUT2D eigenvalue weighted by atomic mass is 31.2. The van der Waals surface area contributed by atoms with Crippen LogP contribution in [0, 0.1) is 0 Å². The van der Waals surface area contributed by atoms with E-state index in [1.54, 1.807) is 0 Å². The van der Waals surface area contributed by atoms with Gasteiger partial charge in [0, 0.05) is 6.42 Å². The van der Waals surface area contributed by atoms with E-state index in [0.29, 0.717) is 30.3 Å². The summed E-state index contributed by atoms with van der Waals surface area (Å²) in [5, 5.41) is 14.0. The lowest BCUT2D eigenvalue weighted by Gasteiger charge is -2.26. The van der Waals surface area contributed by atoms with Crippen LogP contribution in [0.25, 0.3) is 0 Å². The minimum atomic E-state index is -4.35. The van der Waals surface area contributed by atoms with Crippen molar-refractivity contribution in [1.29, 1.82) is 0 Å². The Balaban J connectivity index is 4.24. The van der Waals surface area contributed by atoms with Gasteiger partial charge in [0.1, 0.15) is 13.2 Å². The van der Waals surface area contributed by atoms with Gasteiger partial charge in [-0.05, 0) is 103 Å². The summed E-state index contributed by atoms with van der Waals surface area (Å²) in [6, 6.07) is -0.795. The third-order valence-corrected chi connectivity index (χ3v) is 14.1. The van der Waals surface area contributed by atoms with Gasteiger partial charge in [0.15, 0.2) is 0 Å². The number of carbonyl (C=O) groups excluding carboxylic acids is 1. The van der Waals surface area contributed by atoms with Crippen LogP contribution in [-0.4, -0.2) is 73.4 Å². The maximum absolute atomic E-state index is 13.0. The molecule has 0 bridgehead atoms. The molecule has 0 aromatic rings. The van der Waals surface area contributed by atoms with E-state index in [4.69, 9.17) is 9.05 Å². The fourth-order valence-corrected chi connectivity index (χ4v) is 9.00. The minimum Gasteiger partial charge on any atom is -0.391 e. The molecular weight excluding hydrogens is 984 g/mol. The van der Waals surface area contributed by atoms with Crippen molar-refractivity contribution in [2.45, 2.75) is 244 Å². The molecule has 0 rings (SSSR count). The Morgan fingerprint density at radius 2 is 0.769 bits per heavy atom. The Labute approximate surface area is 480 Å². The third-order valence-electron chi connectivity index (χ3n) is 13.1. The molecule has 0 radical (unpaired) electrons. The predicted octanol–water partition coefficient (Wildman–Crippen LogP) is 19.6. The Kier molecular flexibility index (Phi) is 55.4. The predicted molar refractivity (Wildman–Crippen MR) is 341 cm³/mol. The molecule has 3 N–H and O–H groups in total. The molecule has 0 saturated carbocycles. The van der Waals surface area contributed by atoms with E-state index in [1.165, 1.54) is 89.9 Å². The van der Waals surface area contributed by atoms with Crippen molar-refractivity contribution in [3.63, 3.8) is 0 Å². The van der Waals surface area contributed by atoms with E-state index in [2.05, 4.69) is 165 Å². The Bertz CT molecular complexity index is 1780. The van der Waals surface area contributed by atoms with E-state index in [0.717, 1.165) is 109 Å². The topological polar surface area (TPSA) is 105 Å². The van der Waals surface area contributed by atoms with Gasteiger partial charge in [0.2, 0.25) is 5.91 Å². The number of amides is 1. The van der Waals surface area contributed by atoms with Gasteiger partial charge in [-0.1, -0.05) is 269 Å². The van der Waals surface area contributed by atoms with Crippen molar-refractivity contribution < 1.29 is 32.9 Å². The molecular formula is C69H118N2O6P+. The molecule has 0 spiro atoms. The minimum absolute atomic E-state index is 0.0585. The van der Waals surface area contributed by atoms with Crippen molar-refractivity contribution in [2.75, 3.05) is 40.9 Å². The van der Waals surface area contributed by atoms with E-state index in [9.17, 15) is 19.4 Å². The lowest BCUT2D eigenvalue weighted by molar-refractivity contribution is -0.870. The summed E-state index contributed by atoms with van der Waals surface area (Å²) in [4.78, 5) is 23.3. The molecule has 78 heavy (non-hydrogen) atoms. The largest absolute Gasteiger partial charge is 0.472 e. The van der Waals surface area contributed by atoms with Gasteiger partial charge >= 0.3 is 7.82 Å². The Hall–Kier alpha value is -3.62. The average Bonchev–Trinajstić information content (AvgIpc) is 3.40. The third kappa shape index (κ3) is 60.0. The summed E-state index contributed by atoms with van der Waals surface area (Å²) < 4.78 is 23.8. The molecule has 1 amide bonds. The molecule has 0 heterocycles. The number of nitrogens with zero attached hydrogens (tertiary/aromatic N) is 1. The second-order valence-corrected chi connectivity index (χ2v) is 23.2. The summed E-state index contributed by atoms with van der Waals surface area (Å²) in [5.74, 6) is -0.191. The van der Waals surface area contributed by atoms with Gasteiger partial charge in [-0.2, -0.15) is 0 Å². The number of nitrogens with one attached hydrogen (secondary N) is 1. The van der Waals surface area contributed by atoms with Crippen LogP contribution in [0.4, 0.5) is 0 Å². The maximum Gasteiger partial charge on any atom is 0.472 e. The lowest BCUT2D eigenvalue weighted by atomic mass is 10.0. The zero-order chi connectivity index (χ0) is 57.0. The van der Waals surface area contributed by atoms with Gasteiger partial charge in [-0.15, -0.1) is 0 Å². The first-order chi connectivity index (χ1) is 38.0. The quantitative estimate of drug-likeness (QED) is 0.0243. The lowest BCUT2D eigenvalue weighted by Crippen LogP contribution is -2.46. The highest BCUT2D eigenvalue weighted by Gasteiger charge is 2.28. The van der Waals surface area contributed by atoms with E-state index >= 15 is 0 Å². The van der Waals surface area contributed by atoms with Gasteiger partial charge in [0.25, 0.3) is 0 Å². The number of quaternary nitrogens is 1. The Morgan fingerprint density at radius 1 is 0.449 bits per heavy atom. The SMILES string of the molecule is CC/C=C\C/C=C\C/C=C\C/C=C\C/C=C\C/C=C\C/C=C\C/C=C\C/C=C\C/C=C\C/C=C\C/C=C\CCCCC(=O)NC(COP(=O)(O)OCC[N+](C)(C)C)C(O)CCCCCCCCCCCCCCCCCCC. The number of aliphatic hydroxyl groups excluding tert-OH is 1. The maximum atomic E-state index is 13.0. The van der Waals surface area contributed by atoms with Crippen LogP contribution in [0.3, 0.4) is 0 Å². The number of likely N-dealkylation sites (N-methyl/N-ethyl adjacent to an activating group) is 1. The first-order valence-electron chi connectivity index (χ1n) is 31.2. The molecule has 0 aliphatic carbocycles. The summed E-state index contributed by atoms with van der Waals surface area (Å²) >= 11 is 0. The molecule has 8 nitrogen and oxygen atoms in total. The second kappa shape index (κ2) is 58.0. The van der Waals surface area contributed by atoms with Crippen LogP contribution >= 0.6 is 7.82 Å². The van der Waals surface area contributed by atoms with E-state index < -0.39 is 20.0 Å². The molecule has 9 heteroatoms. The molecule has 444 valence electrons. The molecule has 0 aromatic heterocycles. The van der Waals surface area contributed by atoms with Crippen molar-refractivity contribution in [1.82, 2.24) is 5.32 Å². The number of aliphatic hydroxyl groups is 1. The first kappa shape index (κ1) is 74.4. The van der Waals surface area contributed by atoms with Gasteiger partial charge in [0.05, 0.1) is 39.9 Å². The molecule has 0 aliphatic rings. The van der Waals surface area contributed by atoms with E-state index in [1.807, 2.05) is 21.1 Å². The number of rotatable bonds is 55. The molecule has 3 atom stereocenters. The number of allylic oxidation sites excluding steroid dienone is 24. The molecule has 0 fully saturated rings. The summed E-state index contributed by atoms with van der Waals surface area (Å²) in [6.07, 6.45) is 89.2. The first-order valence-corrected chi connectivity index (χ1v) is 32.7. The van der Waals surface area contributed by atoms with Crippen LogP contribution in [0.15, 0.2) is 146 Å². The number of hydrogen-bond donors (Lipinski definition) is 3. The fourth-order valence-electron chi connectivity index (χ4n) is 8.26. The monoisotopic (exact) mass is 1100 g/mol. The smallest absolute Gasteiger partial charge is 0.391 e. The van der Waals surface area contributed by atoms with Crippen molar-refractivity contribution >= 4 is 13.7 Å². The molecule has 0 saturated heterocycles. The Morgan fingerprint density at radius 3 is 1.10 bits per heavy atom. The van der Waals surface area contributed by atoms with Gasteiger partial charge in [-0.3, -0.25) is 13.8 Å². The van der Waals surface area contributed by atoms with Crippen molar-refractivity contribution in [3.05, 3.63) is 146 Å². The molecule has 0 aliphatic heterocycles. The van der Waals surface area contributed by atoms with Crippen LogP contribution in [0.1, 0.15) is 232 Å². The van der Waals surface area contributed by atoms with Gasteiger partial charge < -0.3 is 19.8 Å². The summed E-state index contributed by atoms with van der Waals surface area (Å²) in [5.41, 5.74) is 0. The normalized spacial score (nSPS) is 14.8. The van der Waals surface area contributed by atoms with Crippen LogP contribution < -0.4 is 5.32 Å². The van der Waals surface area contributed by atoms with Crippen LogP contribution in [-0.2, 0) is 18.4 Å². The average molecular weight is 1100 g/mol.